The van der Waals surface area contributed by atoms with E-state index in [4.69, 9.17) is 4.74 Å². The number of rotatable bonds is 10. The summed E-state index contributed by atoms with van der Waals surface area (Å²) in [6, 6.07) is 3.41. The quantitative estimate of drug-likeness (QED) is 0.209. The molecule has 41 heavy (non-hydrogen) atoms. The molecule has 0 aliphatic carbocycles. The summed E-state index contributed by atoms with van der Waals surface area (Å²) in [6.45, 7) is -0.00737. The average Bonchev–Trinajstić information content (AvgIpc) is 3.35. The maximum absolute atomic E-state index is 14.9. The molecule has 0 bridgehead atoms. The fraction of sp³-hybridized carbons (Fsp3) is 0.571. The van der Waals surface area contributed by atoms with Crippen LogP contribution in [-0.4, -0.2) is 67.0 Å². The van der Waals surface area contributed by atoms with Crippen LogP contribution in [0.4, 0.5) is 80.3 Å². The maximum atomic E-state index is 14.9. The van der Waals surface area contributed by atoms with Gasteiger partial charge in [0.25, 0.3) is 0 Å². The van der Waals surface area contributed by atoms with Crippen molar-refractivity contribution < 1.29 is 79.4 Å². The van der Waals surface area contributed by atoms with Crippen LogP contribution in [0.1, 0.15) is 12.8 Å². The van der Waals surface area contributed by atoms with Crippen LogP contribution in [0, 0.1) is 0 Å². The average molecular weight is 634 g/mol. The van der Waals surface area contributed by atoms with Gasteiger partial charge in [-0.15, -0.1) is 0 Å². The second-order valence-electron chi connectivity index (χ2n) is 8.41. The lowest BCUT2D eigenvalue weighted by Crippen LogP contribution is -2.75. The topological polar surface area (TPSA) is 33.6 Å². The number of nitrogens with zero attached hydrogens (tertiary/aromatic N) is 1. The molecule has 0 amide bonds. The lowest BCUT2D eigenvalue weighted by molar-refractivity contribution is -0.458. The first-order valence-electron chi connectivity index (χ1n) is 10.6. The molecule has 1 aliphatic heterocycles. The smallest absolute Gasteiger partial charge is 0.460 e. The third kappa shape index (κ3) is 5.25. The predicted octanol–water partition coefficient (Wildman–Crippen LogP) is 8.04. The Hall–Kier alpha value is -2.96. The summed E-state index contributed by atoms with van der Waals surface area (Å²) in [6.07, 6.45) is -7.99. The van der Waals surface area contributed by atoms with Crippen molar-refractivity contribution in [2.75, 3.05) is 13.7 Å². The summed E-state index contributed by atoms with van der Waals surface area (Å²) in [5, 5.41) is 2.30. The summed E-state index contributed by atoms with van der Waals surface area (Å²) in [4.78, 5) is 2.95. The lowest BCUT2D eigenvalue weighted by Gasteiger charge is -2.42. The minimum Gasteiger partial charge on any atom is -0.497 e. The van der Waals surface area contributed by atoms with E-state index in [2.05, 4.69) is 10.3 Å². The Balaban J connectivity index is 2.73. The molecule has 1 fully saturated rings. The fourth-order valence-electron chi connectivity index (χ4n) is 3.22. The van der Waals surface area contributed by atoms with Crippen molar-refractivity contribution in [1.29, 1.82) is 0 Å². The molecule has 1 heterocycles. The van der Waals surface area contributed by atoms with Crippen molar-refractivity contribution in [1.82, 2.24) is 5.32 Å². The number of allylic oxidation sites excluding steroid dienone is 2. The number of ether oxygens (including phenoxy) is 1. The molecule has 0 spiro atoms. The number of halogens is 17. The molecule has 1 aliphatic rings. The monoisotopic (exact) mass is 634 g/mol. The van der Waals surface area contributed by atoms with Gasteiger partial charge in [0.15, 0.2) is 0 Å². The largest absolute Gasteiger partial charge is 0.497 e. The predicted molar refractivity (Wildman–Crippen MR) is 106 cm³/mol. The van der Waals surface area contributed by atoms with E-state index in [9.17, 15) is 74.6 Å². The van der Waals surface area contributed by atoms with E-state index < -0.39 is 64.7 Å². The zero-order chi connectivity index (χ0) is 32.1. The summed E-state index contributed by atoms with van der Waals surface area (Å²) in [5.74, 6) is -57.2. The van der Waals surface area contributed by atoms with E-state index in [-0.39, 0.29) is 31.2 Å². The number of methoxy groups -OCH3 is 1. The second-order valence-corrected chi connectivity index (χ2v) is 8.41. The molecular formula is C21H15F17N2O. The Morgan fingerprint density at radius 1 is 0.683 bits per heavy atom. The Kier molecular flexibility index (Phi) is 8.68. The molecule has 1 saturated heterocycles. The zero-order valence-electron chi connectivity index (χ0n) is 19.8. The number of alkyl halides is 17. The molecule has 1 aromatic carbocycles. The molecule has 0 unspecified atom stereocenters. The van der Waals surface area contributed by atoms with Crippen LogP contribution >= 0.6 is 0 Å². The number of nitrogens with one attached hydrogen (secondary N) is 1. The van der Waals surface area contributed by atoms with Crippen LogP contribution in [0.2, 0.25) is 0 Å². The van der Waals surface area contributed by atoms with Crippen LogP contribution in [0.25, 0.3) is 0 Å². The van der Waals surface area contributed by atoms with E-state index in [1.807, 2.05) is 0 Å². The van der Waals surface area contributed by atoms with Crippen molar-refractivity contribution in [3.8, 4) is 5.75 Å². The van der Waals surface area contributed by atoms with Crippen molar-refractivity contribution in [3.63, 3.8) is 0 Å². The van der Waals surface area contributed by atoms with Crippen molar-refractivity contribution >= 4 is 11.4 Å². The number of hydrogen-bond acceptors (Lipinski definition) is 3. The van der Waals surface area contributed by atoms with E-state index in [1.54, 1.807) is 0 Å². The third-order valence-electron chi connectivity index (χ3n) is 5.65. The van der Waals surface area contributed by atoms with Gasteiger partial charge >= 0.3 is 47.6 Å². The number of aliphatic imine (C=N–C) groups is 1. The molecule has 20 heteroatoms. The first-order valence-corrected chi connectivity index (χ1v) is 10.6. The van der Waals surface area contributed by atoms with Gasteiger partial charge in [0.2, 0.25) is 0 Å². The van der Waals surface area contributed by atoms with E-state index in [0.29, 0.717) is 0 Å². The molecule has 0 saturated carbocycles. The van der Waals surface area contributed by atoms with Gasteiger partial charge in [-0.1, -0.05) is 0 Å². The maximum Gasteiger partial charge on any atom is 0.460 e. The number of benzene rings is 1. The van der Waals surface area contributed by atoms with Crippen molar-refractivity contribution in [2.45, 2.75) is 60.5 Å². The van der Waals surface area contributed by atoms with E-state index in [0.717, 1.165) is 31.4 Å². The minimum absolute atomic E-state index is 0.00315. The van der Waals surface area contributed by atoms with Gasteiger partial charge in [-0.05, 0) is 43.2 Å². The highest BCUT2D eigenvalue weighted by Crippen LogP contribution is 2.64. The third-order valence-corrected chi connectivity index (χ3v) is 5.65. The van der Waals surface area contributed by atoms with E-state index >= 15 is 0 Å². The van der Waals surface area contributed by atoms with Gasteiger partial charge in [-0.2, -0.15) is 74.6 Å². The molecule has 3 nitrogen and oxygen atoms in total. The highest BCUT2D eigenvalue weighted by Gasteiger charge is 2.95. The first-order chi connectivity index (χ1) is 18.2. The molecule has 1 N–H and O–H groups in total. The van der Waals surface area contributed by atoms with Gasteiger partial charge in [-0.25, -0.2) is 4.99 Å². The first kappa shape index (κ1) is 34.2. The molecule has 0 radical (unpaired) electrons. The summed E-state index contributed by atoms with van der Waals surface area (Å²) in [7, 11) is 1.11. The van der Waals surface area contributed by atoms with E-state index in [1.165, 1.54) is 0 Å². The molecular weight excluding hydrogens is 619 g/mol. The minimum atomic E-state index is -8.69. The highest BCUT2D eigenvalue weighted by molar-refractivity contribution is 6.03. The van der Waals surface area contributed by atoms with Gasteiger partial charge in [-0.3, -0.25) is 0 Å². The normalized spacial score (nSPS) is 18.1. The molecule has 0 aromatic heterocycles. The Morgan fingerprint density at radius 2 is 1.12 bits per heavy atom. The van der Waals surface area contributed by atoms with Crippen LogP contribution in [0.3, 0.4) is 0 Å². The molecule has 0 atom stereocenters. The fourth-order valence-corrected chi connectivity index (χ4v) is 3.22. The van der Waals surface area contributed by atoms with Crippen LogP contribution < -0.4 is 10.1 Å². The van der Waals surface area contributed by atoms with Crippen molar-refractivity contribution in [3.05, 3.63) is 36.0 Å². The lowest BCUT2D eigenvalue weighted by atomic mass is 9.87. The second kappa shape index (κ2) is 10.4. The molecule has 1 aromatic rings. The van der Waals surface area contributed by atoms with Crippen molar-refractivity contribution in [2.24, 2.45) is 4.99 Å². The van der Waals surface area contributed by atoms with Gasteiger partial charge in [0.05, 0.1) is 12.8 Å². The Labute approximate surface area is 218 Å². The Morgan fingerprint density at radius 3 is 1.51 bits per heavy atom. The zero-order valence-corrected chi connectivity index (χ0v) is 19.8. The van der Waals surface area contributed by atoms with Crippen LogP contribution in [-0.2, 0) is 0 Å². The van der Waals surface area contributed by atoms with Crippen LogP contribution in [0.15, 0.2) is 41.0 Å². The molecule has 234 valence electrons. The molecule has 2 rings (SSSR count). The Bertz CT molecular complexity index is 1150. The number of hydrogen-bond donors (Lipinski definition) is 1. The summed E-state index contributed by atoms with van der Waals surface area (Å²) in [5.41, 5.74) is -3.74. The summed E-state index contributed by atoms with van der Waals surface area (Å²) >= 11 is 0. The SMILES string of the molecule is COc1ccc(N=C(/C=C2/CCCN2)C(F)(F)C(F)(F)C(F)(F)C(F)(F)C(F)(F)C(F)(F)C(F)(F)C(F)(F)F)cc1. The van der Waals surface area contributed by atoms with Gasteiger partial charge in [0.1, 0.15) is 11.5 Å². The highest BCUT2D eigenvalue weighted by atomic mass is 19.4. The van der Waals surface area contributed by atoms with Gasteiger partial charge in [0, 0.05) is 12.2 Å². The summed E-state index contributed by atoms with van der Waals surface area (Å²) < 4.78 is 237. The van der Waals surface area contributed by atoms with Gasteiger partial charge < -0.3 is 10.1 Å². The van der Waals surface area contributed by atoms with Crippen LogP contribution in [0.5, 0.6) is 5.75 Å². The standard InChI is InChI=1S/C21H15F17N2O/c1-41-12-6-4-10(5-7-12)40-13(9-11-3-2-8-39-11)14(22,23)15(24,25)16(26,27)17(28,29)18(30,31)19(32,33)20(34,35)21(36,37)38/h4-7,9,39H,2-3,8H2,1H3/b11-9-,40-13?.